The molecule has 0 fully saturated rings. The minimum absolute atomic E-state index is 0.530. The molecule has 70 heavy (non-hydrogen) atoms. The van der Waals surface area contributed by atoms with Gasteiger partial charge < -0.3 is 18.6 Å². The molecule has 0 saturated carbocycles. The van der Waals surface area contributed by atoms with Crippen LogP contribution in [0.2, 0.25) is 0 Å². The summed E-state index contributed by atoms with van der Waals surface area (Å²) in [5.74, 6) is 0. The molecule has 0 N–H and O–H groups in total. The van der Waals surface area contributed by atoms with Gasteiger partial charge in [0.25, 0.3) is 0 Å². The molecular formula is C65H40N2O2S. The first kappa shape index (κ1) is 39.2. The predicted molar refractivity (Wildman–Crippen MR) is 289 cm³/mol. The van der Waals surface area contributed by atoms with Crippen LogP contribution in [0, 0.1) is 0 Å². The second-order valence-corrected chi connectivity index (χ2v) is 19.4. The lowest BCUT2D eigenvalue weighted by molar-refractivity contribution is 0.668. The molecule has 1 unspecified atom stereocenters. The molecule has 0 saturated heterocycles. The van der Waals surface area contributed by atoms with E-state index in [-0.39, 0.29) is 0 Å². The molecule has 1 atom stereocenters. The number of hydrogen-bond acceptors (Lipinski definition) is 5. The molecule has 3 heterocycles. The van der Waals surface area contributed by atoms with Crippen LogP contribution in [0.4, 0.5) is 34.1 Å². The molecule has 328 valence electrons. The van der Waals surface area contributed by atoms with Gasteiger partial charge in [-0.3, -0.25) is 0 Å². The van der Waals surface area contributed by atoms with Crippen LogP contribution in [0.5, 0.6) is 0 Å². The highest BCUT2D eigenvalue weighted by Gasteiger charge is 2.51. The number of nitrogens with zero attached hydrogens (tertiary/aromatic N) is 2. The van der Waals surface area contributed by atoms with Crippen molar-refractivity contribution < 1.29 is 8.83 Å². The number of fused-ring (bicyclic) bond motifs is 17. The van der Waals surface area contributed by atoms with Crippen LogP contribution in [0.3, 0.4) is 0 Å². The Morgan fingerprint density at radius 2 is 0.900 bits per heavy atom. The summed E-state index contributed by atoms with van der Waals surface area (Å²) < 4.78 is 13.2. The first-order chi connectivity index (χ1) is 34.7. The highest BCUT2D eigenvalue weighted by Crippen LogP contribution is 2.65. The zero-order valence-corrected chi connectivity index (χ0v) is 38.5. The molecule has 5 heteroatoms. The Morgan fingerprint density at radius 1 is 0.329 bits per heavy atom. The normalized spacial score (nSPS) is 14.6. The van der Waals surface area contributed by atoms with E-state index in [4.69, 9.17) is 8.83 Å². The smallest absolute Gasteiger partial charge is 0.137 e. The van der Waals surface area contributed by atoms with E-state index in [0.717, 1.165) is 78.0 Å². The summed E-state index contributed by atoms with van der Waals surface area (Å²) in [7, 11) is 0. The van der Waals surface area contributed by atoms with Crippen molar-refractivity contribution in [2.75, 3.05) is 9.80 Å². The first-order valence-corrected chi connectivity index (χ1v) is 24.6. The first-order valence-electron chi connectivity index (χ1n) is 23.8. The fourth-order valence-electron chi connectivity index (χ4n) is 11.8. The van der Waals surface area contributed by atoms with Crippen molar-refractivity contribution in [1.82, 2.24) is 0 Å². The topological polar surface area (TPSA) is 32.8 Å². The Morgan fingerprint density at radius 3 is 1.70 bits per heavy atom. The second kappa shape index (κ2) is 15.1. The molecule has 11 aromatic carbocycles. The lowest BCUT2D eigenvalue weighted by Crippen LogP contribution is -2.32. The van der Waals surface area contributed by atoms with Crippen LogP contribution in [0.25, 0.3) is 65.8 Å². The summed E-state index contributed by atoms with van der Waals surface area (Å²) in [4.78, 5) is 7.21. The van der Waals surface area contributed by atoms with Gasteiger partial charge in [0, 0.05) is 71.9 Å². The van der Waals surface area contributed by atoms with Gasteiger partial charge in [-0.05, 0) is 129 Å². The zero-order valence-electron chi connectivity index (χ0n) is 37.7. The van der Waals surface area contributed by atoms with Crippen molar-refractivity contribution in [1.29, 1.82) is 0 Å². The van der Waals surface area contributed by atoms with Crippen molar-refractivity contribution in [2.45, 2.75) is 15.2 Å². The summed E-state index contributed by atoms with van der Waals surface area (Å²) in [6.07, 6.45) is 0. The molecule has 1 aliphatic heterocycles. The molecule has 2 aliphatic rings. The van der Waals surface area contributed by atoms with E-state index >= 15 is 0 Å². The molecule has 13 aromatic rings. The van der Waals surface area contributed by atoms with Gasteiger partial charge in [0.2, 0.25) is 0 Å². The molecule has 1 spiro atoms. The lowest BCUT2D eigenvalue weighted by Gasteiger charge is -2.41. The van der Waals surface area contributed by atoms with Crippen molar-refractivity contribution in [2.24, 2.45) is 0 Å². The van der Waals surface area contributed by atoms with E-state index in [1.165, 1.54) is 53.9 Å². The Hall–Kier alpha value is -8.77. The number of rotatable bonds is 6. The summed E-state index contributed by atoms with van der Waals surface area (Å²) in [5, 5.41) is 6.85. The highest BCUT2D eigenvalue weighted by molar-refractivity contribution is 7.99. The summed E-state index contributed by atoms with van der Waals surface area (Å²) in [6, 6.07) is 87.9. The number of hydrogen-bond donors (Lipinski definition) is 0. The standard InChI is InChI=1S/C65H40N2O2S/c1-3-17-42(18-4-1)66(44-33-37-59-52(38-44)48-22-10-13-28-58(48)68-59)45-31-34-49-50-35-32-46(40-61(50)69-60(49)39-45)67(43-19-5-2-6-20-43)57-27-15-26-56-64(57)70-62-29-14-12-25-54(62)65(56)53-24-11-9-23-51(53)63-47-21-8-7-16-41(47)30-36-55(63)65/h1-40H. The predicted octanol–water partition coefficient (Wildman–Crippen LogP) is 18.4. The van der Waals surface area contributed by atoms with Gasteiger partial charge in [0.1, 0.15) is 22.3 Å². The van der Waals surface area contributed by atoms with Crippen LogP contribution in [-0.2, 0) is 5.41 Å². The lowest BCUT2D eigenvalue weighted by atomic mass is 9.67. The maximum Gasteiger partial charge on any atom is 0.137 e. The van der Waals surface area contributed by atoms with Crippen molar-refractivity contribution in [3.05, 3.63) is 265 Å². The van der Waals surface area contributed by atoms with Crippen LogP contribution >= 0.6 is 11.8 Å². The Labute approximate surface area is 408 Å². The molecule has 0 radical (unpaired) electrons. The van der Waals surface area contributed by atoms with Crippen molar-refractivity contribution in [3.8, 4) is 11.1 Å². The summed E-state index contributed by atoms with van der Waals surface area (Å²) in [6.45, 7) is 0. The third-order valence-corrected chi connectivity index (χ3v) is 15.9. The van der Waals surface area contributed by atoms with Gasteiger partial charge in [-0.15, -0.1) is 0 Å². The van der Waals surface area contributed by atoms with Crippen LogP contribution in [0.15, 0.2) is 261 Å². The van der Waals surface area contributed by atoms with Gasteiger partial charge in [-0.1, -0.05) is 157 Å². The summed E-state index contributed by atoms with van der Waals surface area (Å²) >= 11 is 1.87. The minimum Gasteiger partial charge on any atom is -0.456 e. The molecular weight excluding hydrogens is 873 g/mol. The number of para-hydroxylation sites is 3. The van der Waals surface area contributed by atoms with Crippen molar-refractivity contribution in [3.63, 3.8) is 0 Å². The molecule has 15 rings (SSSR count). The van der Waals surface area contributed by atoms with Gasteiger partial charge in [0.15, 0.2) is 0 Å². The van der Waals surface area contributed by atoms with Gasteiger partial charge in [-0.2, -0.15) is 0 Å². The largest absolute Gasteiger partial charge is 0.456 e. The minimum atomic E-state index is -0.530. The Balaban J connectivity index is 0.903. The third-order valence-electron chi connectivity index (χ3n) is 14.7. The average Bonchev–Trinajstić information content (AvgIpc) is 4.08. The van der Waals surface area contributed by atoms with Gasteiger partial charge in [0.05, 0.1) is 11.1 Å². The Bertz CT molecular complexity index is 4250. The fourth-order valence-corrected chi connectivity index (χ4v) is 13.1. The zero-order chi connectivity index (χ0) is 45.9. The maximum atomic E-state index is 6.97. The number of anilines is 6. The van der Waals surface area contributed by atoms with Crippen LogP contribution in [-0.4, -0.2) is 0 Å². The highest BCUT2D eigenvalue weighted by atomic mass is 32.2. The molecule has 0 bridgehead atoms. The molecule has 2 aromatic heterocycles. The van der Waals surface area contributed by atoms with E-state index in [1.54, 1.807) is 0 Å². The van der Waals surface area contributed by atoms with E-state index in [0.29, 0.717) is 0 Å². The SMILES string of the molecule is c1ccc(N(c2ccc3c(c2)oc2cc(N(c4ccccc4)c4cccc5c4Sc4ccccc4C54c5ccccc5-c5c4ccc4ccccc54)ccc23)c2ccc3oc4ccccc4c3c2)cc1. The Kier molecular flexibility index (Phi) is 8.48. The number of benzene rings is 11. The fraction of sp³-hybridized carbons (Fsp3) is 0.0154. The summed E-state index contributed by atoms with van der Waals surface area (Å²) in [5.41, 5.74) is 17.0. The van der Waals surface area contributed by atoms with Gasteiger partial charge >= 0.3 is 0 Å². The maximum absolute atomic E-state index is 6.97. The van der Waals surface area contributed by atoms with Crippen LogP contribution < -0.4 is 9.80 Å². The average molecular weight is 913 g/mol. The number of furan rings is 2. The van der Waals surface area contributed by atoms with E-state index < -0.39 is 5.41 Å². The molecule has 4 nitrogen and oxygen atoms in total. The van der Waals surface area contributed by atoms with E-state index in [9.17, 15) is 0 Å². The van der Waals surface area contributed by atoms with Crippen molar-refractivity contribution >= 4 is 101 Å². The van der Waals surface area contributed by atoms with Crippen LogP contribution in [0.1, 0.15) is 22.3 Å². The van der Waals surface area contributed by atoms with Gasteiger partial charge in [-0.25, -0.2) is 0 Å². The second-order valence-electron chi connectivity index (χ2n) is 18.3. The van der Waals surface area contributed by atoms with E-state index in [2.05, 4.69) is 240 Å². The quantitative estimate of drug-likeness (QED) is 0.166. The van der Waals surface area contributed by atoms with E-state index in [1.807, 2.05) is 23.9 Å². The monoisotopic (exact) mass is 912 g/mol. The third kappa shape index (κ3) is 5.61. The molecule has 1 aliphatic carbocycles. The molecule has 0 amide bonds.